The second kappa shape index (κ2) is 8.17. The molecule has 0 fully saturated rings. The van der Waals surface area contributed by atoms with Gasteiger partial charge in [-0.05, 0) is 18.2 Å². The minimum atomic E-state index is -0.578. The molecule has 4 aromatic rings. The molecule has 0 aliphatic heterocycles. The maximum Gasteiger partial charge on any atom is 0.270 e. The first-order valence-electron chi connectivity index (χ1n) is 8.73. The van der Waals surface area contributed by atoms with E-state index < -0.39 is 10.8 Å². The number of amides is 1. The number of non-ortho nitro benzene ring substituents is 1. The molecule has 2 aromatic carbocycles. The minimum absolute atomic E-state index is 0.00985. The molecular weight excluding hydrogens is 433 g/mol. The Kier molecular flexibility index (Phi) is 5.42. The lowest BCUT2D eigenvalue weighted by Crippen LogP contribution is -2.26. The number of halogens is 2. The van der Waals surface area contributed by atoms with E-state index in [4.69, 9.17) is 11.6 Å². The Morgan fingerprint density at radius 2 is 2.13 bits per heavy atom. The van der Waals surface area contributed by atoms with Gasteiger partial charge in [-0.3, -0.25) is 14.9 Å². The highest BCUT2D eigenvalue weighted by Crippen LogP contribution is 2.23. The summed E-state index contributed by atoms with van der Waals surface area (Å²) in [7, 11) is 0. The number of aromatic nitrogens is 3. The number of carbonyl (C=O) groups excluding carboxylic acids is 1. The van der Waals surface area contributed by atoms with Crippen LogP contribution in [0.25, 0.3) is 16.3 Å². The number of benzene rings is 2. The van der Waals surface area contributed by atoms with Crippen molar-refractivity contribution in [3.8, 4) is 11.4 Å². The minimum Gasteiger partial charge on any atom is -0.352 e. The average Bonchev–Trinajstić information content (AvgIpc) is 3.29. The summed E-state index contributed by atoms with van der Waals surface area (Å²) in [6, 6.07) is 9.74. The number of fused-ring (bicyclic) bond motifs is 1. The summed E-state index contributed by atoms with van der Waals surface area (Å²) >= 11 is 7.38. The Morgan fingerprint density at radius 1 is 1.30 bits per heavy atom. The van der Waals surface area contributed by atoms with E-state index in [1.807, 2.05) is 5.38 Å². The molecule has 0 aliphatic rings. The summed E-state index contributed by atoms with van der Waals surface area (Å²) in [6.45, 7) is 0.299. The molecule has 0 radical (unpaired) electrons. The first kappa shape index (κ1) is 19.9. The van der Waals surface area contributed by atoms with Crippen LogP contribution < -0.4 is 5.32 Å². The zero-order chi connectivity index (χ0) is 21.3. The summed E-state index contributed by atoms with van der Waals surface area (Å²) in [5, 5.41) is 19.8. The molecule has 0 atom stereocenters. The normalized spacial score (nSPS) is 11.0. The van der Waals surface area contributed by atoms with Gasteiger partial charge in [0.15, 0.2) is 5.82 Å². The number of carbonyl (C=O) groups is 1. The van der Waals surface area contributed by atoms with Gasteiger partial charge in [0.05, 0.1) is 21.2 Å². The number of nitrogens with one attached hydrogen (secondary N) is 1. The third-order valence-electron chi connectivity index (χ3n) is 4.31. The second-order valence-electron chi connectivity index (χ2n) is 6.29. The number of thiazole rings is 1. The predicted octanol–water partition coefficient (Wildman–Crippen LogP) is 4.13. The Hall–Kier alpha value is -3.37. The van der Waals surface area contributed by atoms with Crippen molar-refractivity contribution in [3.63, 3.8) is 0 Å². The van der Waals surface area contributed by atoms with E-state index in [0.29, 0.717) is 29.3 Å². The average molecular weight is 446 g/mol. The van der Waals surface area contributed by atoms with E-state index in [9.17, 15) is 19.3 Å². The van der Waals surface area contributed by atoms with E-state index >= 15 is 0 Å². The molecule has 8 nitrogen and oxygen atoms in total. The van der Waals surface area contributed by atoms with E-state index in [-0.39, 0.29) is 22.1 Å². The Morgan fingerprint density at radius 3 is 2.87 bits per heavy atom. The third kappa shape index (κ3) is 4.00. The van der Waals surface area contributed by atoms with Gasteiger partial charge in [0, 0.05) is 36.0 Å². The molecule has 4 rings (SSSR count). The van der Waals surface area contributed by atoms with Crippen LogP contribution in [-0.2, 0) is 6.42 Å². The molecule has 2 heterocycles. The van der Waals surface area contributed by atoms with Gasteiger partial charge in [0.2, 0.25) is 4.96 Å². The first-order chi connectivity index (χ1) is 14.4. The van der Waals surface area contributed by atoms with Gasteiger partial charge in [-0.2, -0.15) is 4.98 Å². The number of nitrogens with zero attached hydrogens (tertiary/aromatic N) is 4. The van der Waals surface area contributed by atoms with Crippen molar-refractivity contribution in [1.82, 2.24) is 19.9 Å². The SMILES string of the molecule is O=C(NCCc1csc2nc(-c3cccc(F)c3)nn12)c1ccc([N+](=O)[O-])cc1Cl. The van der Waals surface area contributed by atoms with Crippen molar-refractivity contribution >= 4 is 39.5 Å². The lowest BCUT2D eigenvalue weighted by atomic mass is 10.2. The maximum absolute atomic E-state index is 13.4. The fraction of sp³-hybridized carbons (Fsp3) is 0.105. The molecular formula is C19H13ClFN5O3S. The van der Waals surface area contributed by atoms with Crippen LogP contribution in [0.3, 0.4) is 0 Å². The quantitative estimate of drug-likeness (QED) is 0.355. The molecule has 30 heavy (non-hydrogen) atoms. The molecule has 1 amide bonds. The highest BCUT2D eigenvalue weighted by atomic mass is 35.5. The van der Waals surface area contributed by atoms with Crippen LogP contribution in [0.15, 0.2) is 47.8 Å². The molecule has 0 saturated heterocycles. The predicted molar refractivity (Wildman–Crippen MR) is 110 cm³/mol. The van der Waals surface area contributed by atoms with E-state index in [1.54, 1.807) is 16.6 Å². The summed E-state index contributed by atoms with van der Waals surface area (Å²) in [4.78, 5) is 27.6. The first-order valence-corrected chi connectivity index (χ1v) is 9.99. The summed E-state index contributed by atoms with van der Waals surface area (Å²) < 4.78 is 15.1. The lowest BCUT2D eigenvalue weighted by molar-refractivity contribution is -0.384. The molecule has 0 bridgehead atoms. The summed E-state index contributed by atoms with van der Waals surface area (Å²) in [6.07, 6.45) is 0.474. The van der Waals surface area contributed by atoms with Crippen LogP contribution in [0, 0.1) is 15.9 Å². The van der Waals surface area contributed by atoms with Gasteiger partial charge in [0.1, 0.15) is 5.82 Å². The van der Waals surface area contributed by atoms with Gasteiger partial charge in [-0.1, -0.05) is 23.7 Å². The Labute approximate surface area is 178 Å². The van der Waals surface area contributed by atoms with Crippen molar-refractivity contribution in [3.05, 3.63) is 80.1 Å². The molecule has 152 valence electrons. The largest absolute Gasteiger partial charge is 0.352 e. The van der Waals surface area contributed by atoms with Gasteiger partial charge >= 0.3 is 0 Å². The number of hydrogen-bond donors (Lipinski definition) is 1. The molecule has 0 saturated carbocycles. The number of nitro groups is 1. The zero-order valence-electron chi connectivity index (χ0n) is 15.2. The fourth-order valence-corrected chi connectivity index (χ4v) is 3.96. The lowest BCUT2D eigenvalue weighted by Gasteiger charge is -2.06. The molecule has 0 unspecified atom stereocenters. The highest BCUT2D eigenvalue weighted by Gasteiger charge is 2.16. The van der Waals surface area contributed by atoms with E-state index in [2.05, 4.69) is 15.4 Å². The van der Waals surface area contributed by atoms with Gasteiger partial charge in [0.25, 0.3) is 11.6 Å². The van der Waals surface area contributed by atoms with Crippen molar-refractivity contribution in [2.75, 3.05) is 6.54 Å². The third-order valence-corrected chi connectivity index (χ3v) is 5.49. The van der Waals surface area contributed by atoms with Gasteiger partial charge < -0.3 is 5.32 Å². The molecule has 1 N–H and O–H groups in total. The fourth-order valence-electron chi connectivity index (χ4n) is 2.85. The van der Waals surface area contributed by atoms with Crippen LogP contribution >= 0.6 is 22.9 Å². The number of nitro benzene ring substituents is 1. The Bertz CT molecular complexity index is 1270. The van der Waals surface area contributed by atoms with E-state index in [0.717, 1.165) is 11.8 Å². The maximum atomic E-state index is 13.4. The van der Waals surface area contributed by atoms with E-state index in [1.165, 1.54) is 35.6 Å². The monoisotopic (exact) mass is 445 g/mol. The highest BCUT2D eigenvalue weighted by molar-refractivity contribution is 7.15. The standard InChI is InChI=1S/C19H13ClFN5O3S/c20-16-9-13(26(28)29)4-5-15(16)18(27)22-7-6-14-10-30-19-23-17(24-25(14)19)11-2-1-3-12(21)8-11/h1-5,8-10H,6-7H2,(H,22,27). The zero-order valence-corrected chi connectivity index (χ0v) is 16.8. The van der Waals surface area contributed by atoms with Crippen molar-refractivity contribution in [2.45, 2.75) is 6.42 Å². The molecule has 0 aliphatic carbocycles. The van der Waals surface area contributed by atoms with Crippen LogP contribution in [0.2, 0.25) is 5.02 Å². The van der Waals surface area contributed by atoms with Crippen molar-refractivity contribution in [1.29, 1.82) is 0 Å². The second-order valence-corrected chi connectivity index (χ2v) is 7.54. The summed E-state index contributed by atoms with van der Waals surface area (Å²) in [5.74, 6) is -0.372. The van der Waals surface area contributed by atoms with Gasteiger partial charge in [-0.15, -0.1) is 16.4 Å². The van der Waals surface area contributed by atoms with Gasteiger partial charge in [-0.25, -0.2) is 8.91 Å². The molecule has 2 aromatic heterocycles. The Balaban J connectivity index is 1.44. The smallest absolute Gasteiger partial charge is 0.270 e. The van der Waals surface area contributed by atoms with Crippen LogP contribution in [-0.4, -0.2) is 32.0 Å². The summed E-state index contributed by atoms with van der Waals surface area (Å²) in [5.41, 5.74) is 1.39. The molecule has 0 spiro atoms. The van der Waals surface area contributed by atoms with Crippen molar-refractivity contribution in [2.24, 2.45) is 0 Å². The van der Waals surface area contributed by atoms with Crippen LogP contribution in [0.1, 0.15) is 16.1 Å². The van der Waals surface area contributed by atoms with Crippen molar-refractivity contribution < 1.29 is 14.1 Å². The topological polar surface area (TPSA) is 102 Å². The number of hydrogen-bond acceptors (Lipinski definition) is 6. The number of rotatable bonds is 6. The molecule has 11 heteroatoms. The van der Waals surface area contributed by atoms with Crippen LogP contribution in [0.4, 0.5) is 10.1 Å². The van der Waals surface area contributed by atoms with Crippen LogP contribution in [0.5, 0.6) is 0 Å².